The zero-order valence-electron chi connectivity index (χ0n) is 16.6. The lowest BCUT2D eigenvalue weighted by Crippen LogP contribution is -2.50. The number of aliphatic hydroxyl groups is 1. The van der Waals surface area contributed by atoms with Crippen LogP contribution in [0.25, 0.3) is 0 Å². The molecule has 0 spiro atoms. The molecule has 0 radical (unpaired) electrons. The van der Waals surface area contributed by atoms with E-state index in [2.05, 4.69) is 11.8 Å². The highest BCUT2D eigenvalue weighted by atomic mass is 35.5. The van der Waals surface area contributed by atoms with E-state index >= 15 is 0 Å². The van der Waals surface area contributed by atoms with Crippen LogP contribution >= 0.6 is 11.6 Å². The Hall–Kier alpha value is -2.25. The lowest BCUT2D eigenvalue weighted by atomic mass is 10.0. The molecule has 2 aromatic carbocycles. The minimum Gasteiger partial charge on any atom is -0.378 e. The molecular weight excluding hydrogens is 417 g/mol. The second-order valence-corrected chi connectivity index (χ2v) is 7.80. The molecule has 1 fully saturated rings. The number of hydrogen-bond acceptors (Lipinski definition) is 3. The Labute approximate surface area is 178 Å². The van der Waals surface area contributed by atoms with Gasteiger partial charge in [-0.15, -0.1) is 0 Å². The summed E-state index contributed by atoms with van der Waals surface area (Å²) < 4.78 is 38.7. The molecule has 4 nitrogen and oxygen atoms in total. The van der Waals surface area contributed by atoms with E-state index in [0.29, 0.717) is 31.2 Å². The van der Waals surface area contributed by atoms with Crippen LogP contribution in [0.3, 0.4) is 0 Å². The number of alkyl halides is 3. The van der Waals surface area contributed by atoms with Gasteiger partial charge in [0.1, 0.15) is 0 Å². The van der Waals surface area contributed by atoms with Crippen molar-refractivity contribution in [2.45, 2.75) is 32.0 Å². The highest BCUT2D eigenvalue weighted by Crippen LogP contribution is 2.31. The highest BCUT2D eigenvalue weighted by Gasteiger charge is 2.33. The molecular formula is C22H24ClF3N2O2. The van der Waals surface area contributed by atoms with Crippen molar-refractivity contribution >= 4 is 23.2 Å². The molecule has 1 saturated heterocycles. The fourth-order valence-corrected chi connectivity index (χ4v) is 3.90. The Morgan fingerprint density at radius 1 is 1.13 bits per heavy atom. The molecule has 3 rings (SSSR count). The number of amides is 1. The average molecular weight is 441 g/mol. The molecule has 8 heteroatoms. The van der Waals surface area contributed by atoms with Crippen molar-refractivity contribution in [3.63, 3.8) is 0 Å². The van der Waals surface area contributed by atoms with E-state index in [1.807, 2.05) is 18.2 Å². The molecule has 0 bridgehead atoms. The fraction of sp³-hybridized carbons (Fsp3) is 0.409. The van der Waals surface area contributed by atoms with Crippen LogP contribution in [0.2, 0.25) is 5.02 Å². The maximum Gasteiger partial charge on any atom is 0.416 e. The molecule has 0 aromatic heterocycles. The number of nitrogens with zero attached hydrogens (tertiary/aromatic N) is 2. The molecule has 1 amide bonds. The summed E-state index contributed by atoms with van der Waals surface area (Å²) in [5, 5.41) is 11.1. The topological polar surface area (TPSA) is 43.8 Å². The van der Waals surface area contributed by atoms with E-state index in [1.165, 1.54) is 17.0 Å². The molecule has 0 aliphatic carbocycles. The number of anilines is 1. The highest BCUT2D eigenvalue weighted by molar-refractivity contribution is 6.30. The fourth-order valence-electron chi connectivity index (χ4n) is 3.70. The summed E-state index contributed by atoms with van der Waals surface area (Å²) >= 11 is 6.12. The third kappa shape index (κ3) is 5.08. The first kappa shape index (κ1) is 22.4. The van der Waals surface area contributed by atoms with E-state index in [4.69, 9.17) is 11.6 Å². The van der Waals surface area contributed by atoms with Gasteiger partial charge < -0.3 is 14.9 Å². The van der Waals surface area contributed by atoms with Gasteiger partial charge in [0.2, 0.25) is 0 Å². The van der Waals surface area contributed by atoms with Crippen LogP contribution in [0.15, 0.2) is 42.5 Å². The molecule has 1 heterocycles. The Morgan fingerprint density at radius 3 is 2.47 bits per heavy atom. The SMILES string of the molecule is CCCc1cc(Cl)ccc1N1CCN(C(=O)C(O)c2cccc(C(F)(F)F)c2)CC1. The first-order valence-corrected chi connectivity index (χ1v) is 10.3. The Balaban J connectivity index is 1.67. The van der Waals surface area contributed by atoms with Crippen molar-refractivity contribution in [3.8, 4) is 0 Å². The number of benzene rings is 2. The monoisotopic (exact) mass is 440 g/mol. The largest absolute Gasteiger partial charge is 0.416 e. The van der Waals surface area contributed by atoms with Gasteiger partial charge in [-0.3, -0.25) is 4.79 Å². The van der Waals surface area contributed by atoms with Crippen molar-refractivity contribution < 1.29 is 23.1 Å². The van der Waals surface area contributed by atoms with E-state index in [-0.39, 0.29) is 5.56 Å². The smallest absolute Gasteiger partial charge is 0.378 e. The van der Waals surface area contributed by atoms with Gasteiger partial charge in [0.05, 0.1) is 5.56 Å². The van der Waals surface area contributed by atoms with Crippen LogP contribution < -0.4 is 4.90 Å². The molecule has 2 aromatic rings. The van der Waals surface area contributed by atoms with Crippen LogP contribution in [-0.4, -0.2) is 42.1 Å². The minimum atomic E-state index is -4.53. The summed E-state index contributed by atoms with van der Waals surface area (Å²) in [6.07, 6.45) is -4.28. The van der Waals surface area contributed by atoms with Gasteiger partial charge in [-0.25, -0.2) is 0 Å². The molecule has 1 atom stereocenters. The zero-order valence-corrected chi connectivity index (χ0v) is 17.4. The van der Waals surface area contributed by atoms with E-state index < -0.39 is 23.8 Å². The third-order valence-electron chi connectivity index (χ3n) is 5.26. The lowest BCUT2D eigenvalue weighted by Gasteiger charge is -2.38. The maximum atomic E-state index is 12.9. The van der Waals surface area contributed by atoms with Gasteiger partial charge in [0, 0.05) is 36.9 Å². The number of carbonyl (C=O) groups is 1. The van der Waals surface area contributed by atoms with Crippen LogP contribution in [0.1, 0.15) is 36.1 Å². The van der Waals surface area contributed by atoms with E-state index in [0.717, 1.165) is 36.2 Å². The summed E-state index contributed by atoms with van der Waals surface area (Å²) in [5.41, 5.74) is 1.28. The van der Waals surface area contributed by atoms with Crippen LogP contribution in [0.4, 0.5) is 18.9 Å². The van der Waals surface area contributed by atoms with Crippen LogP contribution in [-0.2, 0) is 17.4 Å². The van der Waals surface area contributed by atoms with Crippen molar-refractivity contribution in [3.05, 3.63) is 64.2 Å². The first-order chi connectivity index (χ1) is 14.2. The maximum absolute atomic E-state index is 12.9. The molecule has 0 saturated carbocycles. The molecule has 1 unspecified atom stereocenters. The first-order valence-electron chi connectivity index (χ1n) is 9.88. The Morgan fingerprint density at radius 2 is 1.83 bits per heavy atom. The molecule has 1 N–H and O–H groups in total. The predicted molar refractivity (Wildman–Crippen MR) is 111 cm³/mol. The number of aliphatic hydroxyl groups excluding tert-OH is 1. The predicted octanol–water partition coefficient (Wildman–Crippen LogP) is 4.69. The Kier molecular flexibility index (Phi) is 6.93. The van der Waals surface area contributed by atoms with Crippen LogP contribution in [0, 0.1) is 0 Å². The number of piperazine rings is 1. The van der Waals surface area contributed by atoms with E-state index in [1.54, 1.807) is 0 Å². The Bertz CT molecular complexity index is 896. The number of halogens is 4. The molecule has 30 heavy (non-hydrogen) atoms. The number of aryl methyl sites for hydroxylation is 1. The van der Waals surface area contributed by atoms with Crippen molar-refractivity contribution in [1.82, 2.24) is 4.90 Å². The van der Waals surface area contributed by atoms with Gasteiger partial charge in [-0.05, 0) is 47.9 Å². The van der Waals surface area contributed by atoms with Gasteiger partial charge in [0.25, 0.3) is 5.91 Å². The summed E-state index contributed by atoms with van der Waals surface area (Å²) in [7, 11) is 0. The zero-order chi connectivity index (χ0) is 21.9. The molecule has 1 aliphatic heterocycles. The van der Waals surface area contributed by atoms with Gasteiger partial charge in [0.15, 0.2) is 6.10 Å². The normalized spacial score (nSPS) is 15.9. The standard InChI is InChI=1S/C22H24ClF3N2O2/c1-2-4-15-14-18(23)7-8-19(15)27-9-11-28(12-10-27)21(30)20(29)16-5-3-6-17(13-16)22(24,25)26/h3,5-8,13-14,20,29H,2,4,9-12H2,1H3. The lowest BCUT2D eigenvalue weighted by molar-refractivity contribution is -0.142. The van der Waals surface area contributed by atoms with Crippen molar-refractivity contribution in [2.75, 3.05) is 31.1 Å². The molecule has 1 aliphatic rings. The summed E-state index contributed by atoms with van der Waals surface area (Å²) in [5.74, 6) is -0.584. The van der Waals surface area contributed by atoms with Gasteiger partial charge >= 0.3 is 6.18 Å². The quantitative estimate of drug-likeness (QED) is 0.733. The van der Waals surface area contributed by atoms with Crippen molar-refractivity contribution in [2.24, 2.45) is 0 Å². The molecule has 162 valence electrons. The summed E-state index contributed by atoms with van der Waals surface area (Å²) in [4.78, 5) is 16.3. The van der Waals surface area contributed by atoms with Crippen LogP contribution in [0.5, 0.6) is 0 Å². The van der Waals surface area contributed by atoms with E-state index in [9.17, 15) is 23.1 Å². The second-order valence-electron chi connectivity index (χ2n) is 7.36. The number of rotatable bonds is 5. The third-order valence-corrected chi connectivity index (χ3v) is 5.49. The number of hydrogen-bond donors (Lipinski definition) is 1. The van der Waals surface area contributed by atoms with Gasteiger partial charge in [-0.1, -0.05) is 37.1 Å². The second kappa shape index (κ2) is 9.27. The van der Waals surface area contributed by atoms with Gasteiger partial charge in [-0.2, -0.15) is 13.2 Å². The summed E-state index contributed by atoms with van der Waals surface area (Å²) in [6.45, 7) is 3.99. The minimum absolute atomic E-state index is 0.0554. The van der Waals surface area contributed by atoms with Crippen molar-refractivity contribution in [1.29, 1.82) is 0 Å². The number of carbonyl (C=O) groups excluding carboxylic acids is 1. The summed E-state index contributed by atoms with van der Waals surface area (Å²) in [6, 6.07) is 10.0. The average Bonchev–Trinajstić information content (AvgIpc) is 2.73.